The molecule has 0 N–H and O–H groups in total. The molecule has 16 bridgehead atoms. The van der Waals surface area contributed by atoms with Gasteiger partial charge in [-0.3, -0.25) is 4.90 Å². The largest absolute Gasteiger partial charge is 0.491 e. The lowest BCUT2D eigenvalue weighted by molar-refractivity contribution is 0.0167. The maximum Gasteiger partial charge on any atom is 0.120 e. The van der Waals surface area contributed by atoms with Crippen LogP contribution in [0.25, 0.3) is 164 Å². The molecule has 4 aromatic heterocycles. The van der Waals surface area contributed by atoms with Crippen LogP contribution in [-0.4, -0.2) is 190 Å². The van der Waals surface area contributed by atoms with Gasteiger partial charge in [-0.1, -0.05) is 164 Å². The van der Waals surface area contributed by atoms with Gasteiger partial charge in [0.1, 0.15) is 49.4 Å². The summed E-state index contributed by atoms with van der Waals surface area (Å²) in [6, 6.07) is 103. The molecule has 0 saturated carbocycles. The summed E-state index contributed by atoms with van der Waals surface area (Å²) in [6.45, 7) is 12.3. The first-order valence-corrected chi connectivity index (χ1v) is 45.2. The molecule has 0 radical (unpaired) electrons. The van der Waals surface area contributed by atoms with Crippen molar-refractivity contribution in [1.82, 2.24) is 24.8 Å². The lowest BCUT2D eigenvalue weighted by Crippen LogP contribution is -2.33. The summed E-state index contributed by atoms with van der Waals surface area (Å²) in [4.78, 5) is 26.9. The first-order chi connectivity index (χ1) is 64.0. The zero-order valence-corrected chi connectivity index (χ0v) is 72.4. The first kappa shape index (κ1) is 84.1. The Morgan fingerprint density at radius 1 is 0.225 bits per heavy atom. The SMILES string of the molecule is c1ccc2c(c1)c1ccccc1c1cc(CCCN3CCOCCOCCOc4ccc(cc4)-c4ccc5ccc6ccc(nc6c5n4)-c4ccc(cc4-c4cc5nc6c4ccc4ccc(nc46)-c4ccc(cc4)OCCOCCOCCN(c4ccc6c7ccccc7c7ccccc7c6c4)CCOCCOCCOc4ccc-5cc4)OCCOCCOCC3)ccc21. The Morgan fingerprint density at radius 3 is 1.04 bits per heavy atom. The Kier molecular flexibility index (Phi) is 26.4. The molecule has 648 valence electrons. The van der Waals surface area contributed by atoms with Crippen molar-refractivity contribution < 1.29 is 56.8 Å². The molecule has 6 aliphatic rings. The van der Waals surface area contributed by atoms with Gasteiger partial charge in [0.2, 0.25) is 0 Å². The Morgan fingerprint density at radius 2 is 0.566 bits per heavy atom. The van der Waals surface area contributed by atoms with Crippen LogP contribution in [0.5, 0.6) is 23.0 Å². The fourth-order valence-corrected chi connectivity index (χ4v) is 18.0. The molecular formula is C111H102N6O12. The van der Waals surface area contributed by atoms with Crippen LogP contribution in [0.15, 0.2) is 291 Å². The van der Waals surface area contributed by atoms with E-state index in [9.17, 15) is 0 Å². The fraction of sp³-hybridized carbons (Fsp3) is 0.243. The zero-order valence-electron chi connectivity index (χ0n) is 72.4. The number of aryl methyl sites for hydroxylation is 1. The molecule has 18 aromatic rings. The monoisotopic (exact) mass is 1710 g/mol. The van der Waals surface area contributed by atoms with E-state index in [1.54, 1.807) is 0 Å². The Bertz CT molecular complexity index is 6930. The van der Waals surface area contributed by atoms with E-state index in [0.717, 1.165) is 149 Å². The molecule has 18 nitrogen and oxygen atoms in total. The Labute approximate surface area is 749 Å². The van der Waals surface area contributed by atoms with E-state index in [2.05, 4.69) is 259 Å². The third-order valence-corrected chi connectivity index (χ3v) is 24.6. The van der Waals surface area contributed by atoms with Gasteiger partial charge in [-0.15, -0.1) is 0 Å². The summed E-state index contributed by atoms with van der Waals surface area (Å²) in [7, 11) is 0. The van der Waals surface area contributed by atoms with Crippen LogP contribution < -0.4 is 23.8 Å². The van der Waals surface area contributed by atoms with Crippen LogP contribution in [0.1, 0.15) is 12.0 Å². The highest BCUT2D eigenvalue weighted by atomic mass is 16.6. The lowest BCUT2D eigenvalue weighted by Gasteiger charge is -2.26. The average Bonchev–Trinajstić information content (AvgIpc) is 0.749. The number of anilines is 1. The van der Waals surface area contributed by atoms with E-state index in [0.29, 0.717) is 157 Å². The van der Waals surface area contributed by atoms with Crippen molar-refractivity contribution in [3.8, 4) is 79.2 Å². The van der Waals surface area contributed by atoms with Gasteiger partial charge >= 0.3 is 0 Å². The maximum absolute atomic E-state index is 6.74. The Balaban J connectivity index is 0.572. The molecule has 24 rings (SSSR count). The molecule has 0 fully saturated rings. The van der Waals surface area contributed by atoms with E-state index >= 15 is 0 Å². The van der Waals surface area contributed by atoms with E-state index in [1.165, 1.54) is 70.2 Å². The summed E-state index contributed by atoms with van der Waals surface area (Å²) in [6.07, 6.45) is 1.93. The number of benzene rings is 14. The number of fused-ring (bicyclic) bond motifs is 16. The van der Waals surface area contributed by atoms with E-state index in [-0.39, 0.29) is 0 Å². The standard InChI is InChI=1S/C111H102N6O12/c1-3-15-92-88(11-1)90-13-5-7-17-94(90)100-72-76(19-40-96(92)100)10-9-47-116-48-52-118-56-60-122-64-68-126-84-33-22-77(23-34-84)104-44-29-80-20-21-81-31-46-106(114-109(81)108(80)112-104)98-43-39-87(129-71-67-125-61-57-119-53-49-116)74-102(98)103-75-107-79-26-37-86(38-27-79)128-70-66-124-63-59-121-55-51-117(83-32-42-97-93-16-4-2-12-89(93)91-14-6-8-18-95(91)101(97)73-83)50-54-120-58-62-123-65-69-127-85-35-24-78(25-36-85)105-45-30-82-28-41-99(103)111(115-107)110(82)113-105/h1-8,11-46,72-75H,9-10,47-71H2. The second kappa shape index (κ2) is 40.5. The summed E-state index contributed by atoms with van der Waals surface area (Å²) in [5.74, 6) is 2.83. The van der Waals surface area contributed by atoms with Gasteiger partial charge in [0.05, 0.1) is 151 Å². The minimum absolute atomic E-state index is 0.293. The smallest absolute Gasteiger partial charge is 0.120 e. The van der Waals surface area contributed by atoms with Crippen LogP contribution >= 0.6 is 0 Å². The molecule has 0 amide bonds. The van der Waals surface area contributed by atoms with Crippen LogP contribution in [0.2, 0.25) is 0 Å². The highest BCUT2D eigenvalue weighted by Gasteiger charge is 2.23. The van der Waals surface area contributed by atoms with Crippen molar-refractivity contribution in [2.45, 2.75) is 12.8 Å². The number of ether oxygens (including phenoxy) is 12. The summed E-state index contributed by atoms with van der Waals surface area (Å²) >= 11 is 0. The number of nitrogens with zero attached hydrogens (tertiary/aromatic N) is 6. The van der Waals surface area contributed by atoms with Crippen molar-refractivity contribution in [2.75, 3.05) is 170 Å². The van der Waals surface area contributed by atoms with Gasteiger partial charge in [-0.2, -0.15) is 0 Å². The zero-order chi connectivity index (χ0) is 86.3. The van der Waals surface area contributed by atoms with E-state index < -0.39 is 0 Å². The first-order valence-electron chi connectivity index (χ1n) is 45.2. The van der Waals surface area contributed by atoms with Crippen molar-refractivity contribution >= 4 is 114 Å². The summed E-state index contributed by atoms with van der Waals surface area (Å²) < 4.78 is 75.1. The van der Waals surface area contributed by atoms with Gasteiger partial charge in [0.25, 0.3) is 0 Å². The van der Waals surface area contributed by atoms with Crippen molar-refractivity contribution in [2.24, 2.45) is 0 Å². The topological polar surface area (TPSA) is 169 Å². The van der Waals surface area contributed by atoms with Gasteiger partial charge in [-0.25, -0.2) is 19.9 Å². The highest BCUT2D eigenvalue weighted by molar-refractivity contribution is 6.27. The number of rotatable bonds is 6. The number of pyridine rings is 4. The van der Waals surface area contributed by atoms with Gasteiger partial charge in [0, 0.05) is 75.7 Å². The maximum atomic E-state index is 6.74. The molecule has 14 aromatic carbocycles. The van der Waals surface area contributed by atoms with Crippen LogP contribution in [0, 0.1) is 0 Å². The number of hydrogen-bond donors (Lipinski definition) is 0. The second-order valence-electron chi connectivity index (χ2n) is 32.7. The summed E-state index contributed by atoms with van der Waals surface area (Å²) in [5, 5.41) is 18.9. The molecule has 6 aliphatic heterocycles. The van der Waals surface area contributed by atoms with Crippen LogP contribution in [0.4, 0.5) is 5.69 Å². The molecule has 129 heavy (non-hydrogen) atoms. The predicted molar refractivity (Wildman–Crippen MR) is 518 cm³/mol. The lowest BCUT2D eigenvalue weighted by atomic mass is 9.92. The average molecular weight is 1710 g/mol. The van der Waals surface area contributed by atoms with Gasteiger partial charge in [0.15, 0.2) is 0 Å². The van der Waals surface area contributed by atoms with Crippen molar-refractivity contribution in [3.05, 3.63) is 297 Å². The normalized spacial score (nSPS) is 15.7. The van der Waals surface area contributed by atoms with E-state index in [4.69, 9.17) is 76.8 Å². The van der Waals surface area contributed by atoms with Crippen LogP contribution in [-0.2, 0) is 44.3 Å². The Hall–Kier alpha value is -13.1. The summed E-state index contributed by atoms with van der Waals surface area (Å²) in [5.41, 5.74) is 14.0. The molecule has 0 spiro atoms. The fourth-order valence-electron chi connectivity index (χ4n) is 18.0. The number of hydrogen-bond acceptors (Lipinski definition) is 18. The van der Waals surface area contributed by atoms with Crippen molar-refractivity contribution in [3.63, 3.8) is 0 Å². The third-order valence-electron chi connectivity index (χ3n) is 24.6. The van der Waals surface area contributed by atoms with Gasteiger partial charge < -0.3 is 61.7 Å². The highest BCUT2D eigenvalue weighted by Crippen LogP contribution is 2.44. The van der Waals surface area contributed by atoms with Crippen LogP contribution in [0.3, 0.4) is 0 Å². The minimum Gasteiger partial charge on any atom is -0.491 e. The quantitative estimate of drug-likeness (QED) is 0.144. The predicted octanol–water partition coefficient (Wildman–Crippen LogP) is 22.3. The number of aromatic nitrogens is 4. The third kappa shape index (κ3) is 19.4. The molecule has 18 heteroatoms. The molecule has 0 atom stereocenters. The molecule has 0 unspecified atom stereocenters. The van der Waals surface area contributed by atoms with Gasteiger partial charge in [-0.05, 0) is 228 Å². The molecule has 10 heterocycles. The van der Waals surface area contributed by atoms with E-state index in [1.807, 2.05) is 42.5 Å². The van der Waals surface area contributed by atoms with Crippen molar-refractivity contribution in [1.29, 1.82) is 0 Å². The molecular weight excluding hydrogens is 1610 g/mol. The molecule has 0 aliphatic carbocycles. The minimum atomic E-state index is 0.293. The molecule has 0 saturated heterocycles. The second-order valence-corrected chi connectivity index (χ2v) is 32.7.